The number of hydrogen-bond donors (Lipinski definition) is 1. The van der Waals surface area contributed by atoms with Crippen LogP contribution in [0.1, 0.15) is 35.2 Å². The highest BCUT2D eigenvalue weighted by Crippen LogP contribution is 2.29. The molecule has 0 aromatic heterocycles. The number of halogens is 1. The largest absolute Gasteiger partial charge is 0.497 e. The Morgan fingerprint density at radius 2 is 2.00 bits per heavy atom. The first-order valence-corrected chi connectivity index (χ1v) is 9.96. The zero-order chi connectivity index (χ0) is 20.6. The van der Waals surface area contributed by atoms with Crippen LogP contribution in [0.25, 0.3) is 0 Å². The molecule has 3 rings (SSSR count). The van der Waals surface area contributed by atoms with Crippen LogP contribution < -0.4 is 14.8 Å². The van der Waals surface area contributed by atoms with Crippen molar-refractivity contribution in [3.05, 3.63) is 53.6 Å². The molecule has 1 amide bonds. The average Bonchev–Trinajstić information content (AvgIpc) is 2.74. The fourth-order valence-corrected chi connectivity index (χ4v) is 3.33. The van der Waals surface area contributed by atoms with Crippen LogP contribution in [0, 0.1) is 0 Å². The fraction of sp³-hybridized carbons (Fsp3) is 0.391. The lowest BCUT2D eigenvalue weighted by molar-refractivity contribution is -0.118. The third-order valence-electron chi connectivity index (χ3n) is 5.04. The van der Waals surface area contributed by atoms with E-state index in [1.54, 1.807) is 25.3 Å². The number of benzene rings is 2. The molecule has 0 bridgehead atoms. The Balaban J connectivity index is 0.00000320. The topological polar surface area (TPSA) is 67.9 Å². The van der Waals surface area contributed by atoms with Gasteiger partial charge in [-0.3, -0.25) is 9.59 Å². The van der Waals surface area contributed by atoms with Crippen LogP contribution in [-0.4, -0.2) is 50.4 Å². The SMILES string of the molecule is COc1cccc(CCN(C)CCCCC(=O)c2ccc3c(c2)NC(=O)CO3)c1.Cl. The monoisotopic (exact) mass is 432 g/mol. The van der Waals surface area contributed by atoms with Crippen molar-refractivity contribution in [2.24, 2.45) is 0 Å². The van der Waals surface area contributed by atoms with Crippen LogP contribution in [0.15, 0.2) is 42.5 Å². The Kier molecular flexibility index (Phi) is 9.15. The Morgan fingerprint density at radius 1 is 1.17 bits per heavy atom. The van der Waals surface area contributed by atoms with Gasteiger partial charge < -0.3 is 19.7 Å². The van der Waals surface area contributed by atoms with Crippen LogP contribution >= 0.6 is 12.4 Å². The summed E-state index contributed by atoms with van der Waals surface area (Å²) in [4.78, 5) is 26.2. The summed E-state index contributed by atoms with van der Waals surface area (Å²) in [6, 6.07) is 13.4. The summed E-state index contributed by atoms with van der Waals surface area (Å²) in [5.74, 6) is 1.39. The quantitative estimate of drug-likeness (QED) is 0.454. The van der Waals surface area contributed by atoms with Crippen LogP contribution in [0.3, 0.4) is 0 Å². The standard InChI is InChI=1S/C23H28N2O4.ClH/c1-25(13-11-17-6-5-7-19(14-17)28-2)12-4-3-8-21(26)18-9-10-22-20(15-18)24-23(27)16-29-22;/h5-7,9-10,14-15H,3-4,8,11-13,16H2,1-2H3,(H,24,27);1H. The van der Waals surface area contributed by atoms with E-state index in [1.165, 1.54) is 5.56 Å². The highest BCUT2D eigenvalue weighted by molar-refractivity contribution is 6.00. The molecule has 6 nitrogen and oxygen atoms in total. The number of rotatable bonds is 10. The molecule has 162 valence electrons. The van der Waals surface area contributed by atoms with Crippen molar-refractivity contribution in [3.8, 4) is 11.5 Å². The highest BCUT2D eigenvalue weighted by Gasteiger charge is 2.17. The maximum atomic E-state index is 12.4. The average molecular weight is 433 g/mol. The minimum atomic E-state index is -0.195. The summed E-state index contributed by atoms with van der Waals surface area (Å²) in [5.41, 5.74) is 2.44. The van der Waals surface area contributed by atoms with Gasteiger partial charge in [-0.1, -0.05) is 12.1 Å². The predicted molar refractivity (Wildman–Crippen MR) is 120 cm³/mol. The molecule has 7 heteroatoms. The van der Waals surface area contributed by atoms with Crippen molar-refractivity contribution < 1.29 is 19.1 Å². The maximum absolute atomic E-state index is 12.4. The van der Waals surface area contributed by atoms with E-state index >= 15 is 0 Å². The van der Waals surface area contributed by atoms with Gasteiger partial charge in [0.2, 0.25) is 0 Å². The minimum absolute atomic E-state index is 0. The first kappa shape index (κ1) is 23.7. The smallest absolute Gasteiger partial charge is 0.262 e. The molecular formula is C23H29ClN2O4. The number of anilines is 1. The van der Waals surface area contributed by atoms with Gasteiger partial charge in [0.1, 0.15) is 11.5 Å². The van der Waals surface area contributed by atoms with Crippen LogP contribution in [0.4, 0.5) is 5.69 Å². The molecule has 2 aromatic rings. The number of unbranched alkanes of at least 4 members (excludes halogenated alkanes) is 1. The molecule has 0 unspecified atom stereocenters. The lowest BCUT2D eigenvalue weighted by atomic mass is 10.0. The summed E-state index contributed by atoms with van der Waals surface area (Å²) in [7, 11) is 3.79. The van der Waals surface area contributed by atoms with Crippen molar-refractivity contribution in [3.63, 3.8) is 0 Å². The van der Waals surface area contributed by atoms with Crippen LogP contribution in [-0.2, 0) is 11.2 Å². The number of ether oxygens (including phenoxy) is 2. The lowest BCUT2D eigenvalue weighted by Gasteiger charge is -2.18. The molecule has 30 heavy (non-hydrogen) atoms. The molecule has 0 saturated heterocycles. The number of nitrogens with one attached hydrogen (secondary N) is 1. The van der Waals surface area contributed by atoms with E-state index in [4.69, 9.17) is 9.47 Å². The number of carbonyl (C=O) groups excluding carboxylic acids is 2. The number of Topliss-reactive ketones (excluding diaryl/α,β-unsaturated/α-hetero) is 1. The second kappa shape index (κ2) is 11.6. The van der Waals surface area contributed by atoms with E-state index in [9.17, 15) is 9.59 Å². The molecule has 0 saturated carbocycles. The molecule has 1 N–H and O–H groups in total. The molecule has 0 radical (unpaired) electrons. The van der Waals surface area contributed by atoms with Gasteiger partial charge in [0.15, 0.2) is 12.4 Å². The van der Waals surface area contributed by atoms with Crippen LogP contribution in [0.2, 0.25) is 0 Å². The van der Waals surface area contributed by atoms with Crippen molar-refractivity contribution in [2.75, 3.05) is 39.2 Å². The number of nitrogens with zero attached hydrogens (tertiary/aromatic N) is 1. The number of fused-ring (bicyclic) bond motifs is 1. The summed E-state index contributed by atoms with van der Waals surface area (Å²) >= 11 is 0. The first-order chi connectivity index (χ1) is 14.0. The van der Waals surface area contributed by atoms with E-state index in [0.29, 0.717) is 23.4 Å². The van der Waals surface area contributed by atoms with E-state index in [-0.39, 0.29) is 30.7 Å². The molecule has 0 spiro atoms. The molecule has 0 aliphatic carbocycles. The Labute approximate surface area is 184 Å². The van der Waals surface area contributed by atoms with Gasteiger partial charge in [-0.05, 0) is 68.8 Å². The number of carbonyl (C=O) groups is 2. The predicted octanol–water partition coefficient (Wildman–Crippen LogP) is 3.98. The van der Waals surface area contributed by atoms with Gasteiger partial charge in [0.05, 0.1) is 12.8 Å². The minimum Gasteiger partial charge on any atom is -0.497 e. The molecule has 1 heterocycles. The number of likely N-dealkylation sites (N-methyl/N-ethyl adjacent to an activating group) is 1. The van der Waals surface area contributed by atoms with Gasteiger partial charge in [0.25, 0.3) is 5.91 Å². The summed E-state index contributed by atoms with van der Waals surface area (Å²) in [6.45, 7) is 1.93. The van der Waals surface area contributed by atoms with Gasteiger partial charge in [-0.2, -0.15) is 0 Å². The van der Waals surface area contributed by atoms with Crippen LogP contribution in [0.5, 0.6) is 11.5 Å². The molecule has 1 aliphatic heterocycles. The van der Waals surface area contributed by atoms with E-state index in [1.807, 2.05) is 12.1 Å². The summed E-state index contributed by atoms with van der Waals surface area (Å²) in [6.07, 6.45) is 3.26. The fourth-order valence-electron chi connectivity index (χ4n) is 3.33. The summed E-state index contributed by atoms with van der Waals surface area (Å²) < 4.78 is 10.6. The van der Waals surface area contributed by atoms with Gasteiger partial charge >= 0.3 is 0 Å². The van der Waals surface area contributed by atoms with Gasteiger partial charge in [-0.15, -0.1) is 12.4 Å². The van der Waals surface area contributed by atoms with E-state index < -0.39 is 0 Å². The number of methoxy groups -OCH3 is 1. The molecule has 1 aliphatic rings. The van der Waals surface area contributed by atoms with Gasteiger partial charge in [-0.25, -0.2) is 0 Å². The first-order valence-electron chi connectivity index (χ1n) is 9.96. The third-order valence-corrected chi connectivity index (χ3v) is 5.04. The maximum Gasteiger partial charge on any atom is 0.262 e. The molecular weight excluding hydrogens is 404 g/mol. The van der Waals surface area contributed by atoms with Crippen molar-refractivity contribution in [2.45, 2.75) is 25.7 Å². The molecule has 0 fully saturated rings. The lowest BCUT2D eigenvalue weighted by Crippen LogP contribution is -2.25. The highest BCUT2D eigenvalue weighted by atomic mass is 35.5. The van der Waals surface area contributed by atoms with Gasteiger partial charge in [0, 0.05) is 18.5 Å². The number of amides is 1. The van der Waals surface area contributed by atoms with E-state index in [0.717, 1.165) is 38.1 Å². The van der Waals surface area contributed by atoms with Crippen molar-refractivity contribution in [1.82, 2.24) is 4.90 Å². The third kappa shape index (κ3) is 6.75. The van der Waals surface area contributed by atoms with Crippen molar-refractivity contribution >= 4 is 29.8 Å². The van der Waals surface area contributed by atoms with E-state index in [2.05, 4.69) is 29.4 Å². The molecule has 0 atom stereocenters. The number of ketones is 1. The zero-order valence-corrected chi connectivity index (χ0v) is 18.3. The molecule has 2 aromatic carbocycles. The number of hydrogen-bond acceptors (Lipinski definition) is 5. The summed E-state index contributed by atoms with van der Waals surface area (Å²) in [5, 5.41) is 2.74. The zero-order valence-electron chi connectivity index (χ0n) is 17.5. The Bertz CT molecular complexity index is 872. The Hall–Kier alpha value is -2.57. The Morgan fingerprint density at radius 3 is 2.80 bits per heavy atom. The van der Waals surface area contributed by atoms with Crippen molar-refractivity contribution in [1.29, 1.82) is 0 Å². The normalized spacial score (nSPS) is 12.4. The second-order valence-electron chi connectivity index (χ2n) is 7.33. The second-order valence-corrected chi connectivity index (χ2v) is 7.33.